The van der Waals surface area contributed by atoms with E-state index >= 15 is 0 Å². The van der Waals surface area contributed by atoms with Crippen LogP contribution >= 0.6 is 0 Å². The van der Waals surface area contributed by atoms with Crippen molar-refractivity contribution in [1.82, 2.24) is 0 Å². The molecule has 0 saturated heterocycles. The highest BCUT2D eigenvalue weighted by Gasteiger charge is 2.29. The summed E-state index contributed by atoms with van der Waals surface area (Å²) in [7, 11) is 2.03. The Morgan fingerprint density at radius 2 is 1.46 bits per heavy atom. The number of fused-ring (bicyclic) bond motifs is 3. The van der Waals surface area contributed by atoms with Gasteiger partial charge in [-0.1, -0.05) is 6.07 Å². The van der Waals surface area contributed by atoms with Crippen molar-refractivity contribution in [2.75, 3.05) is 25.6 Å². The first-order valence-electron chi connectivity index (χ1n) is 10.1. The number of aryl methyl sites for hydroxylation is 2. The lowest BCUT2D eigenvalue weighted by atomic mass is 9.79. The van der Waals surface area contributed by atoms with Gasteiger partial charge in [-0.25, -0.2) is 0 Å². The Morgan fingerprint density at radius 3 is 2.27 bits per heavy atom. The molecule has 2 aliphatic carbocycles. The predicted octanol–water partition coefficient (Wildman–Crippen LogP) is 4.92. The topological polar surface area (TPSA) is 30.5 Å². The summed E-state index contributed by atoms with van der Waals surface area (Å²) in [5.74, 6) is 1.93. The van der Waals surface area contributed by atoms with Crippen LogP contribution < -0.4 is 14.8 Å². The minimum absolute atomic E-state index is 0.642. The summed E-state index contributed by atoms with van der Waals surface area (Å²) in [6.45, 7) is 1.29. The molecule has 1 N–H and O–H groups in total. The van der Waals surface area contributed by atoms with Crippen molar-refractivity contribution in [1.29, 1.82) is 0 Å². The number of hydrogen-bond acceptors (Lipinski definition) is 3. The van der Waals surface area contributed by atoms with Gasteiger partial charge in [-0.3, -0.25) is 0 Å². The fourth-order valence-electron chi connectivity index (χ4n) is 4.99. The Labute approximate surface area is 155 Å². The quantitative estimate of drug-likeness (QED) is 0.834. The van der Waals surface area contributed by atoms with Crippen molar-refractivity contribution in [3.63, 3.8) is 0 Å². The van der Waals surface area contributed by atoms with Gasteiger partial charge in [-0.15, -0.1) is 0 Å². The van der Waals surface area contributed by atoms with Gasteiger partial charge in [0.05, 0.1) is 0 Å². The third-order valence-corrected chi connectivity index (χ3v) is 6.21. The molecule has 2 aromatic carbocycles. The zero-order valence-corrected chi connectivity index (χ0v) is 15.6. The van der Waals surface area contributed by atoms with Gasteiger partial charge >= 0.3 is 0 Å². The SMILES string of the molecule is CNc1ccc2c(c1-c1c3c(cc4c1OCCO4)CCCC3)CCCC2. The third kappa shape index (κ3) is 2.48. The van der Waals surface area contributed by atoms with E-state index in [4.69, 9.17) is 9.47 Å². The van der Waals surface area contributed by atoms with Gasteiger partial charge in [0.25, 0.3) is 0 Å². The van der Waals surface area contributed by atoms with Crippen molar-refractivity contribution in [2.45, 2.75) is 51.4 Å². The summed E-state index contributed by atoms with van der Waals surface area (Å²) in [6.07, 6.45) is 9.79. The van der Waals surface area contributed by atoms with Gasteiger partial charge in [-0.2, -0.15) is 0 Å². The minimum Gasteiger partial charge on any atom is -0.486 e. The summed E-state index contributed by atoms with van der Waals surface area (Å²) >= 11 is 0. The smallest absolute Gasteiger partial charge is 0.169 e. The highest BCUT2D eigenvalue weighted by molar-refractivity contribution is 5.90. The number of nitrogens with one attached hydrogen (secondary N) is 1. The van der Waals surface area contributed by atoms with Crippen LogP contribution in [0.2, 0.25) is 0 Å². The number of ether oxygens (including phenoxy) is 2. The molecule has 1 heterocycles. The van der Waals surface area contributed by atoms with Crippen LogP contribution in [-0.2, 0) is 25.7 Å². The van der Waals surface area contributed by atoms with E-state index in [0.717, 1.165) is 24.3 Å². The lowest BCUT2D eigenvalue weighted by molar-refractivity contribution is 0.172. The van der Waals surface area contributed by atoms with E-state index in [1.165, 1.54) is 77.6 Å². The van der Waals surface area contributed by atoms with E-state index in [0.29, 0.717) is 13.2 Å². The van der Waals surface area contributed by atoms with Crippen molar-refractivity contribution in [3.05, 3.63) is 40.5 Å². The van der Waals surface area contributed by atoms with Crippen molar-refractivity contribution >= 4 is 5.69 Å². The van der Waals surface area contributed by atoms with Crippen molar-refractivity contribution in [2.24, 2.45) is 0 Å². The average molecular weight is 349 g/mol. The van der Waals surface area contributed by atoms with Crippen molar-refractivity contribution in [3.8, 4) is 22.6 Å². The Morgan fingerprint density at radius 1 is 0.769 bits per heavy atom. The zero-order chi connectivity index (χ0) is 17.5. The fraction of sp³-hybridized carbons (Fsp3) is 0.478. The van der Waals surface area contributed by atoms with Gasteiger partial charge < -0.3 is 14.8 Å². The molecule has 0 saturated carbocycles. The first-order chi connectivity index (χ1) is 12.9. The van der Waals surface area contributed by atoms with Gasteiger partial charge in [-0.05, 0) is 85.8 Å². The molecule has 1 aliphatic heterocycles. The van der Waals surface area contributed by atoms with Crippen LogP contribution in [0.1, 0.15) is 47.9 Å². The molecule has 2 aromatic rings. The van der Waals surface area contributed by atoms with Gasteiger partial charge in [0.1, 0.15) is 13.2 Å². The van der Waals surface area contributed by atoms with Crippen LogP contribution in [0.3, 0.4) is 0 Å². The van der Waals surface area contributed by atoms with E-state index < -0.39 is 0 Å². The second-order valence-corrected chi connectivity index (χ2v) is 7.70. The van der Waals surface area contributed by atoms with E-state index in [9.17, 15) is 0 Å². The van der Waals surface area contributed by atoms with E-state index in [-0.39, 0.29) is 0 Å². The zero-order valence-electron chi connectivity index (χ0n) is 15.6. The molecule has 0 radical (unpaired) electrons. The monoisotopic (exact) mass is 349 g/mol. The van der Waals surface area contributed by atoms with Gasteiger partial charge in [0.2, 0.25) is 0 Å². The predicted molar refractivity (Wildman–Crippen MR) is 106 cm³/mol. The molecule has 0 aromatic heterocycles. The molecule has 3 heteroatoms. The summed E-state index contributed by atoms with van der Waals surface area (Å²) in [5.41, 5.74) is 9.93. The Balaban J connectivity index is 1.83. The second kappa shape index (κ2) is 6.53. The van der Waals surface area contributed by atoms with Crippen LogP contribution in [0.4, 0.5) is 5.69 Å². The summed E-state index contributed by atoms with van der Waals surface area (Å²) in [5, 5.41) is 3.46. The molecule has 5 rings (SSSR count). The van der Waals surface area contributed by atoms with E-state index in [1.54, 1.807) is 0 Å². The maximum absolute atomic E-state index is 6.21. The molecular weight excluding hydrogens is 322 g/mol. The molecule has 0 bridgehead atoms. The molecule has 0 atom stereocenters. The van der Waals surface area contributed by atoms with Crippen LogP contribution in [0.25, 0.3) is 11.1 Å². The standard InChI is InChI=1S/C23H27NO2/c1-24-19-11-10-15-6-2-4-8-17(15)21(19)22-18-9-5-3-7-16(18)14-20-23(22)26-13-12-25-20/h10-11,14,24H,2-9,12-13H2,1H3. The highest BCUT2D eigenvalue weighted by Crippen LogP contribution is 2.50. The maximum atomic E-state index is 6.21. The van der Waals surface area contributed by atoms with Crippen molar-refractivity contribution < 1.29 is 9.47 Å². The summed E-state index contributed by atoms with van der Waals surface area (Å²) in [6, 6.07) is 6.84. The number of anilines is 1. The molecule has 136 valence electrons. The Hall–Kier alpha value is -2.16. The van der Waals surface area contributed by atoms with E-state index in [1.807, 2.05) is 7.05 Å². The maximum Gasteiger partial charge on any atom is 0.169 e. The fourth-order valence-corrected chi connectivity index (χ4v) is 4.99. The molecule has 0 unspecified atom stereocenters. The number of hydrogen-bond donors (Lipinski definition) is 1. The number of benzene rings is 2. The largest absolute Gasteiger partial charge is 0.486 e. The van der Waals surface area contributed by atoms with Crippen LogP contribution in [0, 0.1) is 0 Å². The van der Waals surface area contributed by atoms with Crippen LogP contribution in [-0.4, -0.2) is 20.3 Å². The summed E-state index contributed by atoms with van der Waals surface area (Å²) < 4.78 is 12.2. The normalized spacial score (nSPS) is 18.0. The second-order valence-electron chi connectivity index (χ2n) is 7.70. The lowest BCUT2D eigenvalue weighted by Crippen LogP contribution is -2.19. The van der Waals surface area contributed by atoms with Gasteiger partial charge in [0, 0.05) is 23.9 Å². The molecule has 0 spiro atoms. The molecule has 3 aliphatic rings. The van der Waals surface area contributed by atoms with E-state index in [2.05, 4.69) is 23.5 Å². The molecule has 0 amide bonds. The Bertz CT molecular complexity index is 822. The first-order valence-corrected chi connectivity index (χ1v) is 10.1. The number of rotatable bonds is 2. The first kappa shape index (κ1) is 16.0. The van der Waals surface area contributed by atoms with Crippen LogP contribution in [0.15, 0.2) is 18.2 Å². The molecular formula is C23H27NO2. The minimum atomic E-state index is 0.642. The van der Waals surface area contributed by atoms with Gasteiger partial charge in [0.15, 0.2) is 11.5 Å². The average Bonchev–Trinajstić information content (AvgIpc) is 2.71. The Kier molecular flexibility index (Phi) is 4.03. The highest BCUT2D eigenvalue weighted by atomic mass is 16.6. The van der Waals surface area contributed by atoms with Crippen LogP contribution in [0.5, 0.6) is 11.5 Å². The lowest BCUT2D eigenvalue weighted by Gasteiger charge is -2.30. The molecule has 26 heavy (non-hydrogen) atoms. The molecule has 0 fully saturated rings. The molecule has 3 nitrogen and oxygen atoms in total. The third-order valence-electron chi connectivity index (χ3n) is 6.21. The summed E-state index contributed by atoms with van der Waals surface area (Å²) in [4.78, 5) is 0.